The minimum Gasteiger partial charge on any atom is -0.357 e. The average Bonchev–Trinajstić information content (AvgIpc) is 2.45. The molecule has 1 saturated heterocycles. The van der Waals surface area contributed by atoms with Crippen LogP contribution >= 0.6 is 0 Å². The molecule has 0 spiro atoms. The second kappa shape index (κ2) is 8.57. The summed E-state index contributed by atoms with van der Waals surface area (Å²) in [5.74, 6) is 0.615. The lowest BCUT2D eigenvalue weighted by molar-refractivity contribution is -0.0494. The molecule has 25 heavy (non-hydrogen) atoms. The summed E-state index contributed by atoms with van der Waals surface area (Å²) in [5.41, 5.74) is -5.07. The number of alkyl halides is 3. The molecule has 0 amide bonds. The Bertz CT molecular complexity index is 548. The van der Waals surface area contributed by atoms with Crippen LogP contribution in [0.5, 0.6) is 0 Å². The number of aliphatic imine (C=N–C) groups is 1. The summed E-state index contributed by atoms with van der Waals surface area (Å²) < 4.78 is 61.1. The van der Waals surface area contributed by atoms with Crippen molar-refractivity contribution in [3.63, 3.8) is 0 Å². The van der Waals surface area contributed by atoms with Crippen LogP contribution in [-0.4, -0.2) is 56.4 Å². The normalized spacial score (nSPS) is 19.1. The monoisotopic (exact) mass is 386 g/mol. The van der Waals surface area contributed by atoms with Gasteiger partial charge in [0.15, 0.2) is 5.96 Å². The van der Waals surface area contributed by atoms with E-state index < -0.39 is 15.5 Å². The fraction of sp³-hybridized carbons (Fsp3) is 0.933. The summed E-state index contributed by atoms with van der Waals surface area (Å²) in [6.07, 6.45) is 1.52. The molecule has 0 aromatic heterocycles. The number of nitrogens with zero attached hydrogens (tertiary/aromatic N) is 2. The van der Waals surface area contributed by atoms with Gasteiger partial charge in [-0.15, -0.1) is 0 Å². The van der Waals surface area contributed by atoms with Crippen LogP contribution in [0.4, 0.5) is 13.2 Å². The van der Waals surface area contributed by atoms with Crippen LogP contribution in [0.25, 0.3) is 0 Å². The molecule has 0 aromatic carbocycles. The number of hydrogen-bond donors (Lipinski definition) is 2. The van der Waals surface area contributed by atoms with Crippen molar-refractivity contribution in [2.24, 2.45) is 10.4 Å². The maximum atomic E-state index is 12.6. The first-order valence-corrected chi connectivity index (χ1v) is 9.92. The molecule has 10 heteroatoms. The minimum absolute atomic E-state index is 0.105. The quantitative estimate of drug-likeness (QED) is 0.562. The van der Waals surface area contributed by atoms with Gasteiger partial charge in [-0.25, -0.2) is 8.42 Å². The Kier molecular flexibility index (Phi) is 7.54. The van der Waals surface area contributed by atoms with Crippen LogP contribution in [0.15, 0.2) is 4.99 Å². The summed E-state index contributed by atoms with van der Waals surface area (Å²) >= 11 is 0. The molecule has 0 atom stereocenters. The lowest BCUT2D eigenvalue weighted by atomic mass is 9.92. The minimum atomic E-state index is -5.24. The molecule has 0 radical (unpaired) electrons. The fourth-order valence-electron chi connectivity index (χ4n) is 2.40. The topological polar surface area (TPSA) is 73.8 Å². The fourth-order valence-corrected chi connectivity index (χ4v) is 3.39. The number of piperidine rings is 1. The summed E-state index contributed by atoms with van der Waals surface area (Å²) in [6, 6.07) is -0.105. The maximum absolute atomic E-state index is 12.6. The van der Waals surface area contributed by atoms with E-state index in [4.69, 9.17) is 0 Å². The smallest absolute Gasteiger partial charge is 0.357 e. The van der Waals surface area contributed by atoms with E-state index in [0.29, 0.717) is 36.2 Å². The summed E-state index contributed by atoms with van der Waals surface area (Å²) in [6.45, 7) is 9.31. The Hall–Kier alpha value is -1.03. The average molecular weight is 386 g/mol. The van der Waals surface area contributed by atoms with E-state index >= 15 is 0 Å². The second-order valence-electron chi connectivity index (χ2n) is 7.34. The van der Waals surface area contributed by atoms with E-state index in [-0.39, 0.29) is 24.5 Å². The lowest BCUT2D eigenvalue weighted by Crippen LogP contribution is -2.51. The lowest BCUT2D eigenvalue weighted by Gasteiger charge is -2.32. The highest BCUT2D eigenvalue weighted by atomic mass is 32.2. The molecule has 0 aromatic rings. The van der Waals surface area contributed by atoms with Crippen molar-refractivity contribution >= 4 is 16.0 Å². The van der Waals surface area contributed by atoms with Gasteiger partial charge in [0.05, 0.1) is 0 Å². The van der Waals surface area contributed by atoms with Crippen molar-refractivity contribution < 1.29 is 21.6 Å². The standard InChI is InChI=1S/C15H29F3N4O2S/c1-5-19-13(20-9-8-14(2,3)4)21-12-6-10-22(11-7-12)25(23,24)15(16,17)18/h12H,5-11H2,1-4H3,(H2,19,20,21). The Morgan fingerprint density at radius 2 is 1.76 bits per heavy atom. The van der Waals surface area contributed by atoms with E-state index in [1.165, 1.54) is 0 Å². The van der Waals surface area contributed by atoms with Crippen molar-refractivity contribution in [1.29, 1.82) is 0 Å². The van der Waals surface area contributed by atoms with Gasteiger partial charge in [0, 0.05) is 32.2 Å². The molecule has 1 aliphatic heterocycles. The number of hydrogen-bond acceptors (Lipinski definition) is 3. The van der Waals surface area contributed by atoms with Gasteiger partial charge in [-0.3, -0.25) is 4.99 Å². The maximum Gasteiger partial charge on any atom is 0.511 e. The molecule has 1 heterocycles. The van der Waals surface area contributed by atoms with Gasteiger partial charge < -0.3 is 10.6 Å². The van der Waals surface area contributed by atoms with Gasteiger partial charge in [0.2, 0.25) is 0 Å². The largest absolute Gasteiger partial charge is 0.511 e. The van der Waals surface area contributed by atoms with Crippen LogP contribution in [-0.2, 0) is 10.0 Å². The van der Waals surface area contributed by atoms with Gasteiger partial charge in [0.1, 0.15) is 0 Å². The molecule has 0 aliphatic carbocycles. The predicted molar refractivity (Wildman–Crippen MR) is 92.8 cm³/mol. The van der Waals surface area contributed by atoms with Crippen molar-refractivity contribution in [3.05, 3.63) is 0 Å². The van der Waals surface area contributed by atoms with Gasteiger partial charge in [0.25, 0.3) is 0 Å². The molecule has 1 rings (SSSR count). The molecule has 1 fully saturated rings. The SMILES string of the molecule is CCNC(=NCCC(C)(C)C)NC1CCN(S(=O)(=O)C(F)(F)F)CC1. The number of sulfonamides is 1. The van der Waals surface area contributed by atoms with Gasteiger partial charge in [-0.05, 0) is 31.6 Å². The van der Waals surface area contributed by atoms with Crippen LogP contribution < -0.4 is 10.6 Å². The molecule has 148 valence electrons. The van der Waals surface area contributed by atoms with Gasteiger partial charge in [-0.1, -0.05) is 20.8 Å². The van der Waals surface area contributed by atoms with Crippen LogP contribution in [0, 0.1) is 5.41 Å². The Morgan fingerprint density at radius 3 is 2.20 bits per heavy atom. The molecule has 2 N–H and O–H groups in total. The number of guanidine groups is 1. The van der Waals surface area contributed by atoms with E-state index in [2.05, 4.69) is 36.4 Å². The molecule has 0 unspecified atom stereocenters. The zero-order valence-corrected chi connectivity index (χ0v) is 16.1. The van der Waals surface area contributed by atoms with E-state index in [0.717, 1.165) is 6.42 Å². The molecule has 1 aliphatic rings. The van der Waals surface area contributed by atoms with Crippen LogP contribution in [0.1, 0.15) is 47.0 Å². The van der Waals surface area contributed by atoms with Crippen molar-refractivity contribution in [1.82, 2.24) is 14.9 Å². The highest BCUT2D eigenvalue weighted by Gasteiger charge is 2.50. The molecule has 0 saturated carbocycles. The highest BCUT2D eigenvalue weighted by Crippen LogP contribution is 2.28. The Balaban J connectivity index is 2.59. The predicted octanol–water partition coefficient (Wildman–Crippen LogP) is 2.29. The zero-order valence-electron chi connectivity index (χ0n) is 15.3. The van der Waals surface area contributed by atoms with Crippen molar-refractivity contribution in [2.75, 3.05) is 26.2 Å². The third-order valence-corrected chi connectivity index (χ3v) is 5.53. The van der Waals surface area contributed by atoms with Crippen LogP contribution in [0.3, 0.4) is 0 Å². The van der Waals surface area contributed by atoms with Crippen molar-refractivity contribution in [2.45, 2.75) is 58.5 Å². The first kappa shape index (κ1) is 22.0. The van der Waals surface area contributed by atoms with Gasteiger partial charge >= 0.3 is 15.5 Å². The van der Waals surface area contributed by atoms with E-state index in [1.54, 1.807) is 0 Å². The first-order valence-electron chi connectivity index (χ1n) is 8.48. The third kappa shape index (κ3) is 7.01. The zero-order chi connectivity index (χ0) is 19.3. The number of nitrogens with one attached hydrogen (secondary N) is 2. The van der Waals surface area contributed by atoms with E-state index in [1.807, 2.05) is 6.92 Å². The summed E-state index contributed by atoms with van der Waals surface area (Å²) in [5, 5.41) is 6.30. The van der Waals surface area contributed by atoms with Crippen molar-refractivity contribution in [3.8, 4) is 0 Å². The number of halogens is 3. The second-order valence-corrected chi connectivity index (χ2v) is 9.27. The van der Waals surface area contributed by atoms with E-state index in [9.17, 15) is 21.6 Å². The van der Waals surface area contributed by atoms with Crippen LogP contribution in [0.2, 0.25) is 0 Å². The Labute approximate surface area is 148 Å². The summed E-state index contributed by atoms with van der Waals surface area (Å²) in [7, 11) is -5.23. The molecule has 6 nitrogen and oxygen atoms in total. The third-order valence-electron chi connectivity index (χ3n) is 3.90. The molecular weight excluding hydrogens is 357 g/mol. The summed E-state index contributed by atoms with van der Waals surface area (Å²) in [4.78, 5) is 4.48. The molecule has 0 bridgehead atoms. The first-order chi connectivity index (χ1) is 11.4. The highest BCUT2D eigenvalue weighted by molar-refractivity contribution is 7.90. The molecular formula is C15H29F3N4O2S. The number of rotatable bonds is 5. The Morgan fingerprint density at radius 1 is 1.20 bits per heavy atom. The van der Waals surface area contributed by atoms with Gasteiger partial charge in [-0.2, -0.15) is 17.5 Å².